The van der Waals surface area contributed by atoms with Crippen molar-refractivity contribution in [2.75, 3.05) is 19.6 Å². The lowest BCUT2D eigenvalue weighted by atomic mass is 9.88. The summed E-state index contributed by atoms with van der Waals surface area (Å²) in [6.45, 7) is 3.54. The van der Waals surface area contributed by atoms with E-state index in [1.807, 2.05) is 12.3 Å². The van der Waals surface area contributed by atoms with Crippen LogP contribution in [0.4, 0.5) is 0 Å². The van der Waals surface area contributed by atoms with E-state index in [1.54, 1.807) is 12.1 Å². The monoisotopic (exact) mass is 405 g/mol. The molecule has 0 aliphatic carbocycles. The van der Waals surface area contributed by atoms with Crippen molar-refractivity contribution in [2.45, 2.75) is 43.9 Å². The third-order valence-corrected chi connectivity index (χ3v) is 6.47. The normalized spacial score (nSPS) is 21.3. The third kappa shape index (κ3) is 3.98. The first kappa shape index (κ1) is 19.3. The molecule has 2 aliphatic heterocycles. The van der Waals surface area contributed by atoms with Crippen molar-refractivity contribution >= 4 is 16.8 Å². The van der Waals surface area contributed by atoms with Crippen LogP contribution in [0, 0.1) is 0 Å². The highest BCUT2D eigenvalue weighted by atomic mass is 16.5. The summed E-state index contributed by atoms with van der Waals surface area (Å²) in [5, 5.41) is 4.17. The number of rotatable bonds is 5. The van der Waals surface area contributed by atoms with Crippen LogP contribution in [0.1, 0.15) is 41.8 Å². The van der Waals surface area contributed by atoms with Crippen LogP contribution in [0.3, 0.4) is 0 Å². The van der Waals surface area contributed by atoms with E-state index >= 15 is 0 Å². The van der Waals surface area contributed by atoms with Gasteiger partial charge in [0.2, 0.25) is 0 Å². The predicted octanol–water partition coefficient (Wildman–Crippen LogP) is 3.77. The van der Waals surface area contributed by atoms with Crippen LogP contribution in [0.2, 0.25) is 0 Å². The number of benzene rings is 1. The van der Waals surface area contributed by atoms with E-state index in [-0.39, 0.29) is 17.6 Å². The average Bonchev–Trinajstić information content (AvgIpc) is 3.45. The van der Waals surface area contributed by atoms with Crippen molar-refractivity contribution < 1.29 is 13.9 Å². The van der Waals surface area contributed by atoms with E-state index in [2.05, 4.69) is 39.5 Å². The molecule has 6 nitrogen and oxygen atoms in total. The first-order valence-corrected chi connectivity index (χ1v) is 10.8. The minimum Gasteiger partial charge on any atom is -0.459 e. The molecule has 0 bridgehead atoms. The smallest absolute Gasteiger partial charge is 0.287 e. The minimum absolute atomic E-state index is 0.0309. The molecular weight excluding hydrogens is 378 g/mol. The van der Waals surface area contributed by atoms with Gasteiger partial charge in [0, 0.05) is 37.8 Å². The molecular formula is C24H27N3O3. The van der Waals surface area contributed by atoms with Crippen molar-refractivity contribution in [3.63, 3.8) is 0 Å². The van der Waals surface area contributed by atoms with Crippen LogP contribution >= 0.6 is 0 Å². The number of furan rings is 1. The van der Waals surface area contributed by atoms with Gasteiger partial charge >= 0.3 is 0 Å². The summed E-state index contributed by atoms with van der Waals surface area (Å²) < 4.78 is 11.6. The Balaban J connectivity index is 1.14. The van der Waals surface area contributed by atoms with Crippen LogP contribution in [0.5, 0.6) is 0 Å². The van der Waals surface area contributed by atoms with E-state index in [4.69, 9.17) is 9.15 Å². The number of nitrogens with one attached hydrogen (secondary N) is 1. The Kier molecular flexibility index (Phi) is 5.27. The molecule has 1 aromatic carbocycles. The third-order valence-electron chi connectivity index (χ3n) is 6.47. The van der Waals surface area contributed by atoms with Crippen molar-refractivity contribution in [2.24, 2.45) is 0 Å². The molecule has 1 spiro atoms. The van der Waals surface area contributed by atoms with Gasteiger partial charge in [0.15, 0.2) is 5.76 Å². The summed E-state index contributed by atoms with van der Waals surface area (Å²) in [6.07, 6.45) is 7.59. The highest BCUT2D eigenvalue weighted by Gasteiger charge is 2.42. The van der Waals surface area contributed by atoms with Crippen molar-refractivity contribution in [3.05, 3.63) is 66.2 Å². The fourth-order valence-corrected chi connectivity index (χ4v) is 4.77. The zero-order valence-corrected chi connectivity index (χ0v) is 17.0. The second-order valence-electron chi connectivity index (χ2n) is 8.41. The Labute approximate surface area is 176 Å². The number of nitrogens with zero attached hydrogens (tertiary/aromatic N) is 2. The summed E-state index contributed by atoms with van der Waals surface area (Å²) in [5.41, 5.74) is 2.36. The predicted molar refractivity (Wildman–Crippen MR) is 114 cm³/mol. The summed E-state index contributed by atoms with van der Waals surface area (Å²) in [6, 6.07) is 13.9. The van der Waals surface area contributed by atoms with Crippen LogP contribution in [0.25, 0.3) is 10.9 Å². The van der Waals surface area contributed by atoms with Crippen LogP contribution in [-0.2, 0) is 11.3 Å². The Bertz CT molecular complexity index is 1000. The highest BCUT2D eigenvalue weighted by molar-refractivity contribution is 5.91. The topological polar surface area (TPSA) is 67.6 Å². The summed E-state index contributed by atoms with van der Waals surface area (Å²) in [7, 11) is 0. The summed E-state index contributed by atoms with van der Waals surface area (Å²) in [5.74, 6) is 0.170. The van der Waals surface area contributed by atoms with Gasteiger partial charge < -0.3 is 14.5 Å². The molecule has 2 aliphatic rings. The van der Waals surface area contributed by atoms with Gasteiger partial charge in [-0.3, -0.25) is 14.7 Å². The van der Waals surface area contributed by atoms with Gasteiger partial charge in [-0.2, -0.15) is 0 Å². The first-order chi connectivity index (χ1) is 14.7. The largest absolute Gasteiger partial charge is 0.459 e. The molecule has 0 radical (unpaired) electrons. The van der Waals surface area contributed by atoms with Gasteiger partial charge in [-0.15, -0.1) is 0 Å². The van der Waals surface area contributed by atoms with E-state index in [1.165, 1.54) is 17.2 Å². The van der Waals surface area contributed by atoms with Gasteiger partial charge in [0.05, 0.1) is 23.5 Å². The zero-order chi connectivity index (χ0) is 20.4. The number of amides is 1. The molecule has 2 saturated heterocycles. The second-order valence-corrected chi connectivity index (χ2v) is 8.41. The number of pyridine rings is 1. The van der Waals surface area contributed by atoms with Gasteiger partial charge in [-0.1, -0.05) is 18.2 Å². The van der Waals surface area contributed by atoms with Gasteiger partial charge in [0.25, 0.3) is 5.91 Å². The number of carbonyl (C=O) groups is 1. The first-order valence-electron chi connectivity index (χ1n) is 10.8. The number of ether oxygens (including phenoxy) is 1. The lowest BCUT2D eigenvalue weighted by Crippen LogP contribution is -2.44. The summed E-state index contributed by atoms with van der Waals surface area (Å²) >= 11 is 0. The molecule has 5 rings (SSSR count). The van der Waals surface area contributed by atoms with Crippen LogP contribution < -0.4 is 5.32 Å². The van der Waals surface area contributed by atoms with E-state index in [0.717, 1.165) is 50.8 Å². The standard InChI is InChI=1S/C24H27N3O3/c28-23(22-7-3-15-29-22)26-16-19-8-9-24(30-19)10-13-27(14-11-24)17-18-4-1-6-21-20(18)5-2-12-25-21/h1-7,12,15,19H,8-11,13-14,16-17H2,(H,26,28). The van der Waals surface area contributed by atoms with Crippen LogP contribution in [-0.4, -0.2) is 47.1 Å². The maximum Gasteiger partial charge on any atom is 0.287 e. The SMILES string of the molecule is O=C(NCC1CCC2(CCN(Cc3cccc4ncccc34)CC2)O1)c1ccco1. The number of piperidine rings is 1. The van der Waals surface area contributed by atoms with Gasteiger partial charge in [-0.05, 0) is 55.5 Å². The molecule has 2 fully saturated rings. The molecule has 156 valence electrons. The van der Waals surface area contributed by atoms with Gasteiger partial charge in [0.1, 0.15) is 0 Å². The highest BCUT2D eigenvalue weighted by Crippen LogP contribution is 2.39. The number of aromatic nitrogens is 1. The van der Waals surface area contributed by atoms with Gasteiger partial charge in [-0.25, -0.2) is 0 Å². The Morgan fingerprint density at radius 1 is 1.13 bits per heavy atom. The number of fused-ring (bicyclic) bond motifs is 1. The zero-order valence-electron chi connectivity index (χ0n) is 17.0. The number of hydrogen-bond donors (Lipinski definition) is 1. The lowest BCUT2D eigenvalue weighted by molar-refractivity contribution is -0.0764. The van der Waals surface area contributed by atoms with E-state index in [9.17, 15) is 4.79 Å². The van der Waals surface area contributed by atoms with Crippen molar-refractivity contribution in [1.82, 2.24) is 15.2 Å². The molecule has 4 heterocycles. The average molecular weight is 405 g/mol. The maximum absolute atomic E-state index is 12.1. The van der Waals surface area contributed by atoms with E-state index < -0.39 is 0 Å². The fraction of sp³-hybridized carbons (Fsp3) is 0.417. The molecule has 1 unspecified atom stereocenters. The molecule has 2 aromatic heterocycles. The molecule has 3 aromatic rings. The minimum atomic E-state index is -0.177. The fourth-order valence-electron chi connectivity index (χ4n) is 4.77. The lowest BCUT2D eigenvalue weighted by Gasteiger charge is -2.39. The van der Waals surface area contributed by atoms with Crippen molar-refractivity contribution in [3.8, 4) is 0 Å². The van der Waals surface area contributed by atoms with Crippen LogP contribution in [0.15, 0.2) is 59.3 Å². The maximum atomic E-state index is 12.1. The molecule has 0 saturated carbocycles. The summed E-state index contributed by atoms with van der Waals surface area (Å²) in [4.78, 5) is 19.1. The number of likely N-dealkylation sites (tertiary alicyclic amines) is 1. The molecule has 1 N–H and O–H groups in total. The van der Waals surface area contributed by atoms with Crippen molar-refractivity contribution in [1.29, 1.82) is 0 Å². The Hall–Kier alpha value is -2.70. The molecule has 6 heteroatoms. The quantitative estimate of drug-likeness (QED) is 0.700. The number of hydrogen-bond acceptors (Lipinski definition) is 5. The Morgan fingerprint density at radius 3 is 2.87 bits per heavy atom. The molecule has 30 heavy (non-hydrogen) atoms. The van der Waals surface area contributed by atoms with E-state index in [0.29, 0.717) is 12.3 Å². The number of carbonyl (C=O) groups excluding carboxylic acids is 1. The second kappa shape index (κ2) is 8.20. The molecule has 1 atom stereocenters. The Morgan fingerprint density at radius 2 is 2.03 bits per heavy atom. The molecule has 1 amide bonds.